The van der Waals surface area contributed by atoms with E-state index < -0.39 is 8.15 Å². The lowest BCUT2D eigenvalue weighted by molar-refractivity contribution is -0.156. The fourth-order valence-corrected chi connectivity index (χ4v) is 4.80. The van der Waals surface area contributed by atoms with Crippen molar-refractivity contribution in [2.45, 2.75) is 110 Å². The van der Waals surface area contributed by atoms with Crippen molar-refractivity contribution in [1.82, 2.24) is 0 Å². The first-order chi connectivity index (χ1) is 12.8. The summed E-state index contributed by atoms with van der Waals surface area (Å²) in [5, 5.41) is 1.02. The molecule has 0 amide bonds. The summed E-state index contributed by atoms with van der Waals surface area (Å²) in [5.74, 6) is 0. The Morgan fingerprint density at radius 2 is 0.962 bits per heavy atom. The third kappa shape index (κ3) is 13.8. The number of hydrogen-bond acceptors (Lipinski definition) is 1. The molecule has 0 aromatic heterocycles. The van der Waals surface area contributed by atoms with E-state index >= 15 is 0 Å². The molecule has 2 heteroatoms. The molecule has 0 spiro atoms. The molecular weight excluding hydrogens is 335 g/mol. The average Bonchev–Trinajstić information content (AvgIpc) is 2.68. The highest BCUT2D eigenvalue weighted by atomic mass is 31.1. The van der Waals surface area contributed by atoms with Gasteiger partial charge in [0.2, 0.25) is 0 Å². The Balaban J connectivity index is 1.76. The van der Waals surface area contributed by atoms with E-state index in [1.165, 1.54) is 96.3 Å². The molecule has 1 unspecified atom stereocenters. The zero-order valence-corrected chi connectivity index (χ0v) is 18.2. The molecule has 0 saturated carbocycles. The molecule has 1 aromatic carbocycles. The number of hydrogen-bond donors (Lipinski definition) is 0. The Morgan fingerprint density at radius 1 is 0.577 bits per heavy atom. The van der Waals surface area contributed by atoms with E-state index in [4.69, 9.17) is 0 Å². The van der Waals surface area contributed by atoms with Crippen LogP contribution in [0.25, 0.3) is 0 Å². The Hall–Kier alpha value is -0.390. The van der Waals surface area contributed by atoms with Crippen molar-refractivity contribution in [3.63, 3.8) is 0 Å². The molecule has 0 aliphatic carbocycles. The van der Waals surface area contributed by atoms with Crippen LogP contribution in [0, 0.1) is 0 Å². The molecular formula is C24H42OP-. The van der Waals surface area contributed by atoms with Crippen LogP contribution in [0.15, 0.2) is 30.3 Å². The minimum absolute atomic E-state index is 0.859. The van der Waals surface area contributed by atoms with Crippen LogP contribution in [0.4, 0.5) is 0 Å². The number of rotatable bonds is 18. The second kappa shape index (κ2) is 18.0. The summed E-state index contributed by atoms with van der Waals surface area (Å²) in [4.78, 5) is 12.1. The summed E-state index contributed by atoms with van der Waals surface area (Å²) in [7, 11) is -1.17. The van der Waals surface area contributed by atoms with Gasteiger partial charge >= 0.3 is 0 Å². The lowest BCUT2D eigenvalue weighted by Crippen LogP contribution is -2.12. The molecule has 1 rings (SSSR count). The lowest BCUT2D eigenvalue weighted by Gasteiger charge is -2.23. The molecule has 0 heterocycles. The highest BCUT2D eigenvalue weighted by Gasteiger charge is 1.98. The highest BCUT2D eigenvalue weighted by Crippen LogP contribution is 2.25. The van der Waals surface area contributed by atoms with Crippen molar-refractivity contribution in [1.29, 1.82) is 0 Å². The van der Waals surface area contributed by atoms with E-state index in [1.54, 1.807) is 0 Å². The predicted molar refractivity (Wildman–Crippen MR) is 117 cm³/mol. The van der Waals surface area contributed by atoms with Crippen LogP contribution in [-0.4, -0.2) is 6.16 Å². The standard InChI is InChI=1S/C24H42OP/c1-2-3-4-5-6-7-8-9-10-11-12-13-14-15-16-20-23-26(25)24-21-18-17-19-22-24/h17-19,21-22H,2-16,20,23H2,1H3/q-1. The van der Waals surface area contributed by atoms with Gasteiger partial charge in [-0.3, -0.25) is 0 Å². The van der Waals surface area contributed by atoms with Crippen LogP contribution >= 0.6 is 8.15 Å². The van der Waals surface area contributed by atoms with Crippen molar-refractivity contribution in [2.24, 2.45) is 0 Å². The molecule has 150 valence electrons. The van der Waals surface area contributed by atoms with Crippen molar-refractivity contribution in [3.8, 4) is 0 Å². The third-order valence-electron chi connectivity index (χ3n) is 5.26. The number of unbranched alkanes of at least 4 members (excludes halogenated alkanes) is 15. The Kier molecular flexibility index (Phi) is 16.4. The predicted octanol–water partition coefficient (Wildman–Crippen LogP) is 7.33. The normalized spacial score (nSPS) is 12.4. The first-order valence-corrected chi connectivity index (χ1v) is 12.8. The maximum Gasteiger partial charge on any atom is -0.0399 e. The van der Waals surface area contributed by atoms with Crippen LogP contribution in [0.5, 0.6) is 0 Å². The minimum atomic E-state index is -1.17. The van der Waals surface area contributed by atoms with Crippen LogP contribution in [0.3, 0.4) is 0 Å². The maximum absolute atomic E-state index is 12.1. The molecule has 26 heavy (non-hydrogen) atoms. The molecule has 0 saturated heterocycles. The Morgan fingerprint density at radius 3 is 1.38 bits per heavy atom. The van der Waals surface area contributed by atoms with Crippen LogP contribution < -0.4 is 10.2 Å². The second-order valence-corrected chi connectivity index (χ2v) is 9.46. The molecule has 1 atom stereocenters. The fourth-order valence-electron chi connectivity index (χ4n) is 3.53. The van der Waals surface area contributed by atoms with Gasteiger partial charge in [0.1, 0.15) is 0 Å². The highest BCUT2D eigenvalue weighted by molar-refractivity contribution is 7.58. The van der Waals surface area contributed by atoms with Crippen molar-refractivity contribution < 1.29 is 4.89 Å². The average molecular weight is 378 g/mol. The molecule has 0 fully saturated rings. The maximum atomic E-state index is 12.1. The molecule has 0 aliphatic heterocycles. The van der Waals surface area contributed by atoms with Gasteiger partial charge in [0.15, 0.2) is 0 Å². The van der Waals surface area contributed by atoms with Gasteiger partial charge in [-0.25, -0.2) is 0 Å². The summed E-state index contributed by atoms with van der Waals surface area (Å²) in [6.45, 7) is 2.29. The van der Waals surface area contributed by atoms with Crippen LogP contribution in [0.2, 0.25) is 0 Å². The van der Waals surface area contributed by atoms with Gasteiger partial charge in [0, 0.05) is 0 Å². The van der Waals surface area contributed by atoms with E-state index in [-0.39, 0.29) is 0 Å². The third-order valence-corrected chi connectivity index (χ3v) is 6.86. The van der Waals surface area contributed by atoms with Gasteiger partial charge < -0.3 is 4.89 Å². The largest absolute Gasteiger partial charge is 0.826 e. The topological polar surface area (TPSA) is 23.1 Å². The fraction of sp³-hybridized carbons (Fsp3) is 0.750. The van der Waals surface area contributed by atoms with Gasteiger partial charge in [0.05, 0.1) is 0 Å². The SMILES string of the molecule is CCCCCCCCCCCCCCCCCCP([O-])c1ccccc1. The molecule has 0 bridgehead atoms. The second-order valence-electron chi connectivity index (χ2n) is 7.74. The number of benzene rings is 1. The molecule has 1 nitrogen and oxygen atoms in total. The van der Waals surface area contributed by atoms with E-state index in [1.807, 2.05) is 30.3 Å². The first-order valence-electron chi connectivity index (χ1n) is 11.3. The van der Waals surface area contributed by atoms with Gasteiger partial charge in [0.25, 0.3) is 0 Å². The van der Waals surface area contributed by atoms with Crippen molar-refractivity contribution >= 4 is 13.5 Å². The smallest absolute Gasteiger partial charge is 0.0399 e. The summed E-state index contributed by atoms with van der Waals surface area (Å²) in [6.07, 6.45) is 23.0. The molecule has 0 aliphatic rings. The minimum Gasteiger partial charge on any atom is -0.826 e. The zero-order chi connectivity index (χ0) is 18.7. The summed E-state index contributed by atoms with van der Waals surface area (Å²) >= 11 is 0. The zero-order valence-electron chi connectivity index (χ0n) is 17.3. The molecule has 0 N–H and O–H groups in total. The summed E-state index contributed by atoms with van der Waals surface area (Å²) in [5.41, 5.74) is 0. The van der Waals surface area contributed by atoms with Crippen LogP contribution in [0.1, 0.15) is 110 Å². The first kappa shape index (κ1) is 23.6. The molecule has 1 aromatic rings. The van der Waals surface area contributed by atoms with Crippen molar-refractivity contribution in [3.05, 3.63) is 30.3 Å². The Labute approximate surface area is 164 Å². The van der Waals surface area contributed by atoms with Crippen LogP contribution in [-0.2, 0) is 0 Å². The summed E-state index contributed by atoms with van der Waals surface area (Å²) in [6, 6.07) is 9.93. The molecule has 0 radical (unpaired) electrons. The summed E-state index contributed by atoms with van der Waals surface area (Å²) < 4.78 is 0. The van der Waals surface area contributed by atoms with Gasteiger partial charge in [-0.05, 0) is 11.5 Å². The van der Waals surface area contributed by atoms with E-state index in [0.29, 0.717) is 0 Å². The van der Waals surface area contributed by atoms with E-state index in [0.717, 1.165) is 17.9 Å². The van der Waals surface area contributed by atoms with Gasteiger partial charge in [-0.1, -0.05) is 140 Å². The quantitative estimate of drug-likeness (QED) is 0.194. The lowest BCUT2D eigenvalue weighted by atomic mass is 10.0. The Bertz CT molecular complexity index is 392. The monoisotopic (exact) mass is 377 g/mol. The van der Waals surface area contributed by atoms with Gasteiger partial charge in [-0.15, -0.1) is 0 Å². The van der Waals surface area contributed by atoms with E-state index in [2.05, 4.69) is 6.92 Å². The van der Waals surface area contributed by atoms with E-state index in [9.17, 15) is 4.89 Å². The van der Waals surface area contributed by atoms with Crippen molar-refractivity contribution in [2.75, 3.05) is 6.16 Å². The van der Waals surface area contributed by atoms with Gasteiger partial charge in [-0.2, -0.15) is 8.15 Å².